The Morgan fingerprint density at radius 3 is 2.84 bits per heavy atom. The van der Waals surface area contributed by atoms with E-state index in [0.717, 1.165) is 9.21 Å². The molecule has 6 heteroatoms. The Morgan fingerprint density at radius 1 is 1.37 bits per heavy atom. The summed E-state index contributed by atoms with van der Waals surface area (Å²) in [7, 11) is 0. The molecule has 98 valence electrons. The quantitative estimate of drug-likeness (QED) is 0.774. The third kappa shape index (κ3) is 2.09. The first-order valence-corrected chi connectivity index (χ1v) is 6.94. The fourth-order valence-electron chi connectivity index (χ4n) is 2.17. The van der Waals surface area contributed by atoms with Crippen molar-refractivity contribution in [3.8, 4) is 0 Å². The highest BCUT2D eigenvalue weighted by atomic mass is 35.5. The molecule has 3 aromatic rings. The smallest absolute Gasteiger partial charge is 0.201 e. The van der Waals surface area contributed by atoms with Crippen molar-refractivity contribution in [1.29, 1.82) is 0 Å². The van der Waals surface area contributed by atoms with E-state index in [1.54, 1.807) is 6.07 Å². The van der Waals surface area contributed by atoms with Crippen LogP contribution in [0.2, 0.25) is 4.34 Å². The summed E-state index contributed by atoms with van der Waals surface area (Å²) in [5.41, 5.74) is 7.33. The van der Waals surface area contributed by atoms with Crippen LogP contribution in [0.25, 0.3) is 11.0 Å². The van der Waals surface area contributed by atoms with Gasteiger partial charge in [-0.25, -0.2) is 9.37 Å². The molecule has 0 amide bonds. The van der Waals surface area contributed by atoms with Gasteiger partial charge in [-0.05, 0) is 37.3 Å². The number of hydrogen-bond acceptors (Lipinski definition) is 3. The van der Waals surface area contributed by atoms with Gasteiger partial charge in [-0.3, -0.25) is 0 Å². The Kier molecular flexibility index (Phi) is 2.95. The second kappa shape index (κ2) is 4.51. The van der Waals surface area contributed by atoms with Crippen LogP contribution < -0.4 is 5.73 Å². The topological polar surface area (TPSA) is 43.8 Å². The van der Waals surface area contributed by atoms with Gasteiger partial charge >= 0.3 is 0 Å². The van der Waals surface area contributed by atoms with Gasteiger partial charge in [-0.1, -0.05) is 11.6 Å². The van der Waals surface area contributed by atoms with Crippen LogP contribution in [-0.2, 0) is 0 Å². The van der Waals surface area contributed by atoms with Crippen molar-refractivity contribution in [1.82, 2.24) is 9.55 Å². The van der Waals surface area contributed by atoms with E-state index >= 15 is 0 Å². The van der Waals surface area contributed by atoms with Crippen LogP contribution in [0.15, 0.2) is 30.3 Å². The number of imidazole rings is 1. The van der Waals surface area contributed by atoms with E-state index in [0.29, 0.717) is 17.0 Å². The SMILES string of the molecule is CC(c1ccc(Cl)s1)n1c(N)nc2ccc(F)cc21. The van der Waals surface area contributed by atoms with Crippen LogP contribution in [0.3, 0.4) is 0 Å². The number of benzene rings is 1. The molecule has 0 spiro atoms. The predicted molar refractivity (Wildman–Crippen MR) is 77.2 cm³/mol. The van der Waals surface area contributed by atoms with Crippen molar-refractivity contribution in [2.24, 2.45) is 0 Å². The summed E-state index contributed by atoms with van der Waals surface area (Å²) >= 11 is 7.43. The predicted octanol–water partition coefficient (Wildman–Crippen LogP) is 4.08. The average Bonchev–Trinajstić information content (AvgIpc) is 2.91. The van der Waals surface area contributed by atoms with E-state index in [2.05, 4.69) is 4.98 Å². The standard InChI is InChI=1S/C13H11ClFN3S/c1-7(11-4-5-12(14)19-11)18-10-6-8(15)2-3-9(10)17-13(18)16/h2-7H,1H3,(H2,16,17). The lowest BCUT2D eigenvalue weighted by Gasteiger charge is -2.14. The number of halogens is 2. The van der Waals surface area contributed by atoms with Gasteiger partial charge in [0.15, 0.2) is 0 Å². The van der Waals surface area contributed by atoms with E-state index in [-0.39, 0.29) is 11.9 Å². The minimum atomic E-state index is -0.301. The molecular formula is C13H11ClFN3S. The van der Waals surface area contributed by atoms with E-state index < -0.39 is 0 Å². The van der Waals surface area contributed by atoms with E-state index in [1.165, 1.54) is 23.5 Å². The molecule has 2 heterocycles. The van der Waals surface area contributed by atoms with Crippen LogP contribution in [0.4, 0.5) is 10.3 Å². The summed E-state index contributed by atoms with van der Waals surface area (Å²) in [6.45, 7) is 1.99. The molecular weight excluding hydrogens is 285 g/mol. The Bertz CT molecular complexity index is 750. The molecule has 0 bridgehead atoms. The molecule has 1 unspecified atom stereocenters. The van der Waals surface area contributed by atoms with Gasteiger partial charge < -0.3 is 10.3 Å². The van der Waals surface area contributed by atoms with E-state index in [4.69, 9.17) is 17.3 Å². The molecule has 1 aromatic carbocycles. The van der Waals surface area contributed by atoms with Gasteiger partial charge in [0.2, 0.25) is 5.95 Å². The molecule has 0 saturated carbocycles. The number of nitrogen functional groups attached to an aromatic ring is 1. The van der Waals surface area contributed by atoms with Crippen LogP contribution in [-0.4, -0.2) is 9.55 Å². The first-order valence-electron chi connectivity index (χ1n) is 5.74. The van der Waals surface area contributed by atoms with Crippen LogP contribution in [0.5, 0.6) is 0 Å². The zero-order chi connectivity index (χ0) is 13.6. The number of fused-ring (bicyclic) bond motifs is 1. The molecule has 0 radical (unpaired) electrons. The molecule has 0 saturated heterocycles. The van der Waals surface area contributed by atoms with E-state index in [9.17, 15) is 4.39 Å². The number of hydrogen-bond donors (Lipinski definition) is 1. The molecule has 3 nitrogen and oxygen atoms in total. The van der Waals surface area contributed by atoms with Gasteiger partial charge in [-0.15, -0.1) is 11.3 Å². The number of thiophene rings is 1. The lowest BCUT2D eigenvalue weighted by molar-refractivity contribution is 0.626. The normalized spacial score (nSPS) is 13.0. The Balaban J connectivity index is 2.18. The third-order valence-corrected chi connectivity index (χ3v) is 4.47. The number of nitrogens with zero attached hydrogens (tertiary/aromatic N) is 2. The summed E-state index contributed by atoms with van der Waals surface area (Å²) in [5.74, 6) is 0.0719. The summed E-state index contributed by atoms with van der Waals surface area (Å²) < 4.78 is 15.9. The summed E-state index contributed by atoms with van der Waals surface area (Å²) in [6, 6.07) is 8.21. The van der Waals surface area contributed by atoms with Crippen molar-refractivity contribution < 1.29 is 4.39 Å². The van der Waals surface area contributed by atoms with Crippen molar-refractivity contribution in [3.63, 3.8) is 0 Å². The zero-order valence-electron chi connectivity index (χ0n) is 10.1. The molecule has 3 rings (SSSR count). The molecule has 0 aliphatic heterocycles. The third-order valence-electron chi connectivity index (χ3n) is 3.07. The highest BCUT2D eigenvalue weighted by molar-refractivity contribution is 7.16. The summed E-state index contributed by atoms with van der Waals surface area (Å²) in [6.07, 6.45) is 0. The van der Waals surface area contributed by atoms with Crippen LogP contribution >= 0.6 is 22.9 Å². The van der Waals surface area contributed by atoms with Crippen LogP contribution in [0, 0.1) is 5.82 Å². The van der Waals surface area contributed by atoms with Gasteiger partial charge in [0.25, 0.3) is 0 Å². The highest BCUT2D eigenvalue weighted by Crippen LogP contribution is 2.33. The molecule has 0 fully saturated rings. The average molecular weight is 296 g/mol. The number of nitrogens with two attached hydrogens (primary N) is 1. The fourth-order valence-corrected chi connectivity index (χ4v) is 3.28. The minimum Gasteiger partial charge on any atom is -0.369 e. The second-order valence-electron chi connectivity index (χ2n) is 4.29. The monoisotopic (exact) mass is 295 g/mol. The maximum Gasteiger partial charge on any atom is 0.201 e. The maximum absolute atomic E-state index is 13.4. The number of aromatic nitrogens is 2. The van der Waals surface area contributed by atoms with Crippen molar-refractivity contribution in [2.45, 2.75) is 13.0 Å². The van der Waals surface area contributed by atoms with Crippen LogP contribution in [0.1, 0.15) is 17.8 Å². The minimum absolute atomic E-state index is 0.0377. The zero-order valence-corrected chi connectivity index (χ0v) is 11.7. The summed E-state index contributed by atoms with van der Waals surface area (Å²) in [4.78, 5) is 5.31. The largest absolute Gasteiger partial charge is 0.369 e. The van der Waals surface area contributed by atoms with Gasteiger partial charge in [0.1, 0.15) is 5.82 Å². The molecule has 1 atom stereocenters. The van der Waals surface area contributed by atoms with Gasteiger partial charge in [0.05, 0.1) is 21.4 Å². The number of anilines is 1. The summed E-state index contributed by atoms with van der Waals surface area (Å²) in [5, 5.41) is 0. The maximum atomic E-state index is 13.4. The second-order valence-corrected chi connectivity index (χ2v) is 6.04. The van der Waals surface area contributed by atoms with Crippen molar-refractivity contribution in [2.75, 3.05) is 5.73 Å². The lowest BCUT2D eigenvalue weighted by atomic mass is 10.2. The van der Waals surface area contributed by atoms with Gasteiger partial charge in [0, 0.05) is 4.88 Å². The van der Waals surface area contributed by atoms with Crippen molar-refractivity contribution >= 4 is 39.9 Å². The first-order chi connectivity index (χ1) is 9.06. The van der Waals surface area contributed by atoms with E-state index in [1.807, 2.05) is 23.6 Å². The van der Waals surface area contributed by atoms with Gasteiger partial charge in [-0.2, -0.15) is 0 Å². The molecule has 2 N–H and O–H groups in total. The van der Waals surface area contributed by atoms with Crippen molar-refractivity contribution in [3.05, 3.63) is 45.4 Å². The molecule has 2 aromatic heterocycles. The molecule has 19 heavy (non-hydrogen) atoms. The lowest BCUT2D eigenvalue weighted by Crippen LogP contribution is -2.08. The Hall–Kier alpha value is -1.59. The molecule has 0 aliphatic carbocycles. The Morgan fingerprint density at radius 2 is 2.16 bits per heavy atom. The highest BCUT2D eigenvalue weighted by Gasteiger charge is 2.17. The Labute approximate surface area is 118 Å². The first kappa shape index (κ1) is 12.4. The fraction of sp³-hybridized carbons (Fsp3) is 0.154. The molecule has 0 aliphatic rings. The number of rotatable bonds is 2.